The molecule has 102 valence electrons. The Balaban J connectivity index is 1.84. The molecular weight excluding hydrogens is 224 g/mol. The van der Waals surface area contributed by atoms with E-state index in [-0.39, 0.29) is 0 Å². The van der Waals surface area contributed by atoms with Crippen molar-refractivity contribution in [3.8, 4) is 0 Å². The summed E-state index contributed by atoms with van der Waals surface area (Å²) in [5.41, 5.74) is 0. The van der Waals surface area contributed by atoms with Crippen LogP contribution in [-0.4, -0.2) is 25.0 Å². The Morgan fingerprint density at radius 3 is 2.56 bits per heavy atom. The van der Waals surface area contributed by atoms with Gasteiger partial charge in [0, 0.05) is 6.04 Å². The highest BCUT2D eigenvalue weighted by atomic mass is 16.3. The molecule has 0 saturated heterocycles. The van der Waals surface area contributed by atoms with Crippen molar-refractivity contribution in [1.82, 2.24) is 10.2 Å². The smallest absolute Gasteiger partial charge is 0.118 e. The molecule has 2 rings (SSSR count). The number of rotatable bonds is 5. The highest BCUT2D eigenvalue weighted by molar-refractivity contribution is 5.07. The topological polar surface area (TPSA) is 28.4 Å². The molecule has 0 aliphatic heterocycles. The lowest BCUT2D eigenvalue weighted by Gasteiger charge is -2.33. The van der Waals surface area contributed by atoms with Crippen molar-refractivity contribution in [2.75, 3.05) is 14.1 Å². The van der Waals surface area contributed by atoms with E-state index in [4.69, 9.17) is 4.42 Å². The van der Waals surface area contributed by atoms with E-state index < -0.39 is 0 Å². The van der Waals surface area contributed by atoms with Crippen LogP contribution in [0.1, 0.15) is 44.1 Å². The van der Waals surface area contributed by atoms with Crippen molar-refractivity contribution in [1.29, 1.82) is 0 Å². The first-order chi connectivity index (χ1) is 8.69. The van der Waals surface area contributed by atoms with E-state index in [1.165, 1.54) is 25.7 Å². The van der Waals surface area contributed by atoms with Crippen LogP contribution in [0.3, 0.4) is 0 Å². The summed E-state index contributed by atoms with van der Waals surface area (Å²) < 4.78 is 5.80. The first-order valence-electron chi connectivity index (χ1n) is 7.11. The van der Waals surface area contributed by atoms with Crippen LogP contribution in [0.25, 0.3) is 0 Å². The minimum Gasteiger partial charge on any atom is -0.463 e. The quantitative estimate of drug-likeness (QED) is 0.871. The summed E-state index contributed by atoms with van der Waals surface area (Å²) in [6, 6.07) is 4.91. The van der Waals surface area contributed by atoms with Crippen LogP contribution in [0.5, 0.6) is 0 Å². The average Bonchev–Trinajstić information content (AvgIpc) is 2.78. The van der Waals surface area contributed by atoms with Crippen LogP contribution >= 0.6 is 0 Å². The number of hydrogen-bond acceptors (Lipinski definition) is 3. The van der Waals surface area contributed by atoms with E-state index in [9.17, 15) is 0 Å². The molecule has 1 aliphatic carbocycles. The van der Waals surface area contributed by atoms with Crippen LogP contribution in [-0.2, 0) is 13.1 Å². The van der Waals surface area contributed by atoms with Gasteiger partial charge in [0.2, 0.25) is 0 Å². The zero-order valence-corrected chi connectivity index (χ0v) is 11.9. The summed E-state index contributed by atoms with van der Waals surface area (Å²) in [6.45, 7) is 4.11. The van der Waals surface area contributed by atoms with E-state index in [1.807, 2.05) is 7.05 Å². The predicted octanol–water partition coefficient (Wildman–Crippen LogP) is 3.01. The minimum atomic E-state index is 0.735. The molecule has 1 heterocycles. The summed E-state index contributed by atoms with van der Waals surface area (Å²) in [6.07, 6.45) is 5.42. The fraction of sp³-hybridized carbons (Fsp3) is 0.733. The fourth-order valence-corrected chi connectivity index (χ4v) is 2.83. The summed E-state index contributed by atoms with van der Waals surface area (Å²) in [5, 5.41) is 3.11. The SMILES string of the molecule is CNCc1ccc(CN(C)C2CCC(C)CC2)o1. The molecule has 0 aromatic carbocycles. The second-order valence-corrected chi connectivity index (χ2v) is 5.73. The van der Waals surface area contributed by atoms with E-state index >= 15 is 0 Å². The molecule has 0 radical (unpaired) electrons. The Hall–Kier alpha value is -0.800. The standard InChI is InChI=1S/C15H26N2O/c1-12-4-6-13(7-5-12)17(3)11-15-9-8-14(18-15)10-16-2/h8-9,12-13,16H,4-7,10-11H2,1-3H3. The molecule has 1 aromatic rings. The molecule has 1 N–H and O–H groups in total. The largest absolute Gasteiger partial charge is 0.463 e. The van der Waals surface area contributed by atoms with Crippen molar-refractivity contribution >= 4 is 0 Å². The monoisotopic (exact) mass is 250 g/mol. The van der Waals surface area contributed by atoms with E-state index in [1.54, 1.807) is 0 Å². The van der Waals surface area contributed by atoms with Crippen molar-refractivity contribution in [3.05, 3.63) is 23.7 Å². The van der Waals surface area contributed by atoms with Gasteiger partial charge in [0.25, 0.3) is 0 Å². The van der Waals surface area contributed by atoms with E-state index in [0.717, 1.165) is 36.6 Å². The minimum absolute atomic E-state index is 0.735. The molecule has 0 unspecified atom stereocenters. The van der Waals surface area contributed by atoms with Crippen LogP contribution in [0.2, 0.25) is 0 Å². The Kier molecular flexibility index (Phi) is 4.84. The Bertz CT molecular complexity index is 353. The maximum atomic E-state index is 5.80. The zero-order chi connectivity index (χ0) is 13.0. The molecule has 1 aromatic heterocycles. The molecule has 1 fully saturated rings. The Morgan fingerprint density at radius 2 is 1.89 bits per heavy atom. The van der Waals surface area contributed by atoms with Gasteiger partial charge in [-0.3, -0.25) is 4.90 Å². The van der Waals surface area contributed by atoms with Gasteiger partial charge < -0.3 is 9.73 Å². The molecule has 1 aliphatic rings. The first kappa shape index (κ1) is 13.6. The average molecular weight is 250 g/mol. The van der Waals surface area contributed by atoms with Crippen molar-refractivity contribution in [3.63, 3.8) is 0 Å². The molecule has 3 heteroatoms. The van der Waals surface area contributed by atoms with Gasteiger partial charge in [-0.1, -0.05) is 6.92 Å². The summed E-state index contributed by atoms with van der Waals surface area (Å²) in [5.74, 6) is 3.03. The number of nitrogens with one attached hydrogen (secondary N) is 1. The maximum absolute atomic E-state index is 5.80. The number of furan rings is 1. The van der Waals surface area contributed by atoms with E-state index in [2.05, 4.69) is 36.3 Å². The van der Waals surface area contributed by atoms with Crippen LogP contribution < -0.4 is 5.32 Å². The molecule has 0 atom stereocenters. The maximum Gasteiger partial charge on any atom is 0.118 e. The van der Waals surface area contributed by atoms with Crippen molar-refractivity contribution < 1.29 is 4.42 Å². The van der Waals surface area contributed by atoms with E-state index in [0.29, 0.717) is 0 Å². The molecule has 0 spiro atoms. The van der Waals surface area contributed by atoms with Gasteiger partial charge in [-0.25, -0.2) is 0 Å². The van der Waals surface area contributed by atoms with Crippen LogP contribution in [0.15, 0.2) is 16.5 Å². The predicted molar refractivity (Wildman–Crippen MR) is 74.4 cm³/mol. The summed E-state index contributed by atoms with van der Waals surface area (Å²) >= 11 is 0. The molecule has 18 heavy (non-hydrogen) atoms. The second kappa shape index (κ2) is 6.39. The van der Waals surface area contributed by atoms with Crippen LogP contribution in [0.4, 0.5) is 0 Å². The molecule has 0 bridgehead atoms. The zero-order valence-electron chi connectivity index (χ0n) is 11.9. The van der Waals surface area contributed by atoms with Gasteiger partial charge in [-0.05, 0) is 57.8 Å². The number of hydrogen-bond donors (Lipinski definition) is 1. The summed E-state index contributed by atoms with van der Waals surface area (Å²) in [7, 11) is 4.17. The molecule has 0 amide bonds. The Labute approximate surface area is 111 Å². The molecule has 1 saturated carbocycles. The van der Waals surface area contributed by atoms with Gasteiger partial charge >= 0.3 is 0 Å². The number of nitrogens with zero attached hydrogens (tertiary/aromatic N) is 1. The van der Waals surface area contributed by atoms with Gasteiger partial charge in [0.15, 0.2) is 0 Å². The normalized spacial score (nSPS) is 24.7. The third kappa shape index (κ3) is 3.59. The van der Waals surface area contributed by atoms with Gasteiger partial charge in [0.05, 0.1) is 13.1 Å². The third-order valence-electron chi connectivity index (χ3n) is 4.08. The molecular formula is C15H26N2O. The fourth-order valence-electron chi connectivity index (χ4n) is 2.83. The van der Waals surface area contributed by atoms with Gasteiger partial charge in [-0.15, -0.1) is 0 Å². The van der Waals surface area contributed by atoms with Crippen LogP contribution in [0, 0.1) is 5.92 Å². The third-order valence-corrected chi connectivity index (χ3v) is 4.08. The highest BCUT2D eigenvalue weighted by Crippen LogP contribution is 2.27. The second-order valence-electron chi connectivity index (χ2n) is 5.73. The lowest BCUT2D eigenvalue weighted by molar-refractivity contribution is 0.154. The van der Waals surface area contributed by atoms with Crippen molar-refractivity contribution in [2.45, 2.75) is 51.7 Å². The van der Waals surface area contributed by atoms with Crippen molar-refractivity contribution in [2.24, 2.45) is 5.92 Å². The molecule has 3 nitrogen and oxygen atoms in total. The lowest BCUT2D eigenvalue weighted by Crippen LogP contribution is -2.34. The Morgan fingerprint density at radius 1 is 1.22 bits per heavy atom. The van der Waals surface area contributed by atoms with Gasteiger partial charge in [0.1, 0.15) is 11.5 Å². The first-order valence-corrected chi connectivity index (χ1v) is 7.11. The summed E-state index contributed by atoms with van der Waals surface area (Å²) in [4.78, 5) is 2.45. The lowest BCUT2D eigenvalue weighted by atomic mass is 9.87. The highest BCUT2D eigenvalue weighted by Gasteiger charge is 2.22. The van der Waals surface area contributed by atoms with Gasteiger partial charge in [-0.2, -0.15) is 0 Å².